The van der Waals surface area contributed by atoms with E-state index < -0.39 is 0 Å². The molecule has 4 N–H and O–H groups in total. The average molecular weight is 232 g/mol. The first kappa shape index (κ1) is 12.7. The Morgan fingerprint density at radius 1 is 1.18 bits per heavy atom. The standard InChI is InChI=1S/C13H16N2O2/c1-10(14)3-4-11(2)16-9-17-13-7-5-12(15)6-8-13/h3-8H,1-2,9,14-15H2/b4-3-. The number of allylic oxidation sites excluding steroid dienone is 2. The van der Waals surface area contributed by atoms with Gasteiger partial charge in [0.25, 0.3) is 0 Å². The van der Waals surface area contributed by atoms with Crippen LogP contribution in [0.3, 0.4) is 0 Å². The molecular formula is C13H16N2O2. The molecule has 0 aromatic heterocycles. The van der Waals surface area contributed by atoms with Crippen molar-refractivity contribution in [2.45, 2.75) is 0 Å². The number of anilines is 1. The van der Waals surface area contributed by atoms with Gasteiger partial charge in [-0.15, -0.1) is 0 Å². The molecule has 0 aliphatic heterocycles. The van der Waals surface area contributed by atoms with Crippen LogP contribution in [0.25, 0.3) is 0 Å². The summed E-state index contributed by atoms with van der Waals surface area (Å²) in [4.78, 5) is 0. The van der Waals surface area contributed by atoms with Gasteiger partial charge in [0.05, 0.1) is 0 Å². The third-order valence-corrected chi connectivity index (χ3v) is 1.83. The molecule has 4 nitrogen and oxygen atoms in total. The summed E-state index contributed by atoms with van der Waals surface area (Å²) in [5, 5.41) is 0. The van der Waals surface area contributed by atoms with Crippen molar-refractivity contribution < 1.29 is 9.47 Å². The van der Waals surface area contributed by atoms with Gasteiger partial charge in [-0.25, -0.2) is 0 Å². The summed E-state index contributed by atoms with van der Waals surface area (Å²) >= 11 is 0. The molecule has 0 spiro atoms. The van der Waals surface area contributed by atoms with Gasteiger partial charge in [0.2, 0.25) is 6.79 Å². The van der Waals surface area contributed by atoms with Crippen molar-refractivity contribution in [3.63, 3.8) is 0 Å². The van der Waals surface area contributed by atoms with Gasteiger partial charge >= 0.3 is 0 Å². The number of nitrogens with two attached hydrogens (primary N) is 2. The van der Waals surface area contributed by atoms with Gasteiger partial charge in [0.15, 0.2) is 0 Å². The lowest BCUT2D eigenvalue weighted by atomic mass is 10.3. The van der Waals surface area contributed by atoms with Crippen molar-refractivity contribution in [1.29, 1.82) is 0 Å². The normalized spacial score (nSPS) is 10.1. The zero-order valence-corrected chi connectivity index (χ0v) is 9.56. The fourth-order valence-electron chi connectivity index (χ4n) is 0.985. The van der Waals surface area contributed by atoms with Crippen molar-refractivity contribution in [2.75, 3.05) is 12.5 Å². The Morgan fingerprint density at radius 2 is 1.82 bits per heavy atom. The van der Waals surface area contributed by atoms with Crippen LogP contribution in [0.5, 0.6) is 5.75 Å². The predicted octanol–water partition coefficient (Wildman–Crippen LogP) is 2.16. The summed E-state index contributed by atoms with van der Waals surface area (Å²) in [6.07, 6.45) is 3.22. The highest BCUT2D eigenvalue weighted by Gasteiger charge is 1.94. The summed E-state index contributed by atoms with van der Waals surface area (Å²) in [7, 11) is 0. The Balaban J connectivity index is 2.30. The maximum Gasteiger partial charge on any atom is 0.230 e. The third kappa shape index (κ3) is 5.32. The second-order valence-electron chi connectivity index (χ2n) is 3.35. The monoisotopic (exact) mass is 232 g/mol. The SMILES string of the molecule is C=C(N)/C=C\C(=C)OCOc1ccc(N)cc1. The van der Waals surface area contributed by atoms with Crippen LogP contribution in [0, 0.1) is 0 Å². The van der Waals surface area contributed by atoms with E-state index in [0.717, 1.165) is 0 Å². The van der Waals surface area contributed by atoms with Crippen molar-refractivity contribution >= 4 is 5.69 Å². The second-order valence-corrected chi connectivity index (χ2v) is 3.35. The minimum absolute atomic E-state index is 0.0736. The van der Waals surface area contributed by atoms with Crippen LogP contribution in [-0.2, 0) is 4.74 Å². The minimum atomic E-state index is 0.0736. The Bertz CT molecular complexity index is 422. The first-order chi connectivity index (χ1) is 8.08. The van der Waals surface area contributed by atoms with E-state index in [-0.39, 0.29) is 6.79 Å². The van der Waals surface area contributed by atoms with E-state index in [4.69, 9.17) is 20.9 Å². The molecule has 1 aromatic carbocycles. The van der Waals surface area contributed by atoms with Gasteiger partial charge in [0.1, 0.15) is 11.5 Å². The summed E-state index contributed by atoms with van der Waals surface area (Å²) in [5.74, 6) is 1.13. The van der Waals surface area contributed by atoms with E-state index in [1.54, 1.807) is 36.4 Å². The summed E-state index contributed by atoms with van der Waals surface area (Å²) in [6, 6.07) is 7.03. The molecule has 0 unspecified atom stereocenters. The van der Waals surface area contributed by atoms with Gasteiger partial charge in [-0.2, -0.15) is 0 Å². The van der Waals surface area contributed by atoms with E-state index in [0.29, 0.717) is 22.9 Å². The summed E-state index contributed by atoms with van der Waals surface area (Å²) < 4.78 is 10.5. The zero-order chi connectivity index (χ0) is 12.7. The van der Waals surface area contributed by atoms with Crippen LogP contribution in [-0.4, -0.2) is 6.79 Å². The first-order valence-corrected chi connectivity index (χ1v) is 5.00. The number of nitrogen functional groups attached to an aromatic ring is 1. The fourth-order valence-corrected chi connectivity index (χ4v) is 0.985. The smallest absolute Gasteiger partial charge is 0.230 e. The van der Waals surface area contributed by atoms with Crippen molar-refractivity contribution in [3.8, 4) is 5.75 Å². The molecule has 0 fully saturated rings. The Morgan fingerprint density at radius 3 is 2.41 bits per heavy atom. The molecule has 0 amide bonds. The number of ether oxygens (including phenoxy) is 2. The topological polar surface area (TPSA) is 70.5 Å². The number of benzene rings is 1. The highest BCUT2D eigenvalue weighted by atomic mass is 16.7. The Labute approximate surface area is 101 Å². The summed E-state index contributed by atoms with van der Waals surface area (Å²) in [5.41, 5.74) is 12.0. The molecule has 0 atom stereocenters. The molecule has 0 aliphatic carbocycles. The van der Waals surface area contributed by atoms with E-state index in [2.05, 4.69) is 13.2 Å². The van der Waals surface area contributed by atoms with Crippen LogP contribution >= 0.6 is 0 Å². The molecule has 0 heterocycles. The Hall–Kier alpha value is -2.36. The Kier molecular flexibility index (Phi) is 4.69. The van der Waals surface area contributed by atoms with Gasteiger partial charge in [-0.3, -0.25) is 0 Å². The molecule has 1 aromatic rings. The van der Waals surface area contributed by atoms with E-state index >= 15 is 0 Å². The molecule has 0 bridgehead atoms. The van der Waals surface area contributed by atoms with E-state index in [1.807, 2.05) is 0 Å². The molecule has 4 heteroatoms. The van der Waals surface area contributed by atoms with Crippen molar-refractivity contribution in [1.82, 2.24) is 0 Å². The quantitative estimate of drug-likeness (QED) is 0.341. The van der Waals surface area contributed by atoms with Gasteiger partial charge in [-0.05, 0) is 36.4 Å². The molecule has 0 saturated heterocycles. The molecule has 0 aliphatic rings. The van der Waals surface area contributed by atoms with Crippen molar-refractivity contribution in [3.05, 3.63) is 61.0 Å². The van der Waals surface area contributed by atoms with Gasteiger partial charge < -0.3 is 20.9 Å². The molecule has 90 valence electrons. The largest absolute Gasteiger partial charge is 0.458 e. The van der Waals surface area contributed by atoms with Crippen LogP contribution in [0.2, 0.25) is 0 Å². The van der Waals surface area contributed by atoms with Gasteiger partial charge in [0, 0.05) is 11.4 Å². The molecule has 0 saturated carbocycles. The zero-order valence-electron chi connectivity index (χ0n) is 9.56. The highest BCUT2D eigenvalue weighted by molar-refractivity contribution is 5.41. The van der Waals surface area contributed by atoms with Crippen LogP contribution in [0.1, 0.15) is 0 Å². The molecule has 0 radical (unpaired) electrons. The predicted molar refractivity (Wildman–Crippen MR) is 69.0 cm³/mol. The molecule has 17 heavy (non-hydrogen) atoms. The van der Waals surface area contributed by atoms with E-state index in [1.165, 1.54) is 0 Å². The maximum absolute atomic E-state index is 5.54. The van der Waals surface area contributed by atoms with Crippen LogP contribution < -0.4 is 16.2 Å². The second kappa shape index (κ2) is 6.27. The number of hydrogen-bond donors (Lipinski definition) is 2. The highest BCUT2D eigenvalue weighted by Crippen LogP contribution is 2.13. The van der Waals surface area contributed by atoms with E-state index in [9.17, 15) is 0 Å². The molecule has 1 rings (SSSR count). The third-order valence-electron chi connectivity index (χ3n) is 1.83. The average Bonchev–Trinajstić information content (AvgIpc) is 2.29. The van der Waals surface area contributed by atoms with Crippen LogP contribution in [0.4, 0.5) is 5.69 Å². The number of hydrogen-bond acceptors (Lipinski definition) is 4. The van der Waals surface area contributed by atoms with Crippen LogP contribution in [0.15, 0.2) is 61.0 Å². The molecular weight excluding hydrogens is 216 g/mol. The minimum Gasteiger partial charge on any atom is -0.458 e. The fraction of sp³-hybridized carbons (Fsp3) is 0.0769. The summed E-state index contributed by atoms with van der Waals surface area (Å²) in [6.45, 7) is 7.25. The van der Waals surface area contributed by atoms with Crippen molar-refractivity contribution in [2.24, 2.45) is 5.73 Å². The number of rotatable bonds is 6. The lowest BCUT2D eigenvalue weighted by Gasteiger charge is -2.08. The lowest BCUT2D eigenvalue weighted by Crippen LogP contribution is -2.01. The maximum atomic E-state index is 5.54. The first-order valence-electron chi connectivity index (χ1n) is 5.00. The van der Waals surface area contributed by atoms with Gasteiger partial charge in [-0.1, -0.05) is 13.2 Å². The lowest BCUT2D eigenvalue weighted by molar-refractivity contribution is 0.0678.